The lowest BCUT2D eigenvalue weighted by Crippen LogP contribution is -2.57. The highest BCUT2D eigenvalue weighted by Gasteiger charge is 2.71. The second-order valence-corrected chi connectivity index (χ2v) is 9.35. The molecule has 1 aliphatic carbocycles. The number of cyclic esters (lactones) is 2. The van der Waals surface area contributed by atoms with Gasteiger partial charge in [0.1, 0.15) is 18.5 Å². The summed E-state index contributed by atoms with van der Waals surface area (Å²) in [5.74, 6) is -7.99. The zero-order chi connectivity index (χ0) is 25.0. The fourth-order valence-electron chi connectivity index (χ4n) is 5.53. The van der Waals surface area contributed by atoms with Gasteiger partial charge in [0.2, 0.25) is 5.90 Å². The highest BCUT2D eigenvalue weighted by atomic mass is 19.3. The maximum absolute atomic E-state index is 15.3. The van der Waals surface area contributed by atoms with Gasteiger partial charge in [0, 0.05) is 30.0 Å². The Hall–Kier alpha value is -3.49. The number of halogens is 3. The highest BCUT2D eigenvalue weighted by molar-refractivity contribution is 6.10. The van der Waals surface area contributed by atoms with Crippen LogP contribution in [0, 0.1) is 29.0 Å². The van der Waals surface area contributed by atoms with Crippen molar-refractivity contribution in [2.75, 3.05) is 6.54 Å². The van der Waals surface area contributed by atoms with E-state index in [2.05, 4.69) is 9.98 Å². The van der Waals surface area contributed by atoms with Crippen LogP contribution in [-0.4, -0.2) is 41.4 Å². The second kappa shape index (κ2) is 8.32. The number of hydrogen-bond acceptors (Lipinski definition) is 6. The van der Waals surface area contributed by atoms with Crippen LogP contribution in [0.15, 0.2) is 53.7 Å². The Labute approximate surface area is 199 Å². The van der Waals surface area contributed by atoms with Gasteiger partial charge in [0.05, 0.1) is 5.69 Å². The van der Waals surface area contributed by atoms with E-state index < -0.39 is 53.6 Å². The third-order valence-corrected chi connectivity index (χ3v) is 7.28. The first-order chi connectivity index (χ1) is 16.6. The predicted octanol–water partition coefficient (Wildman–Crippen LogP) is 4.70. The van der Waals surface area contributed by atoms with Gasteiger partial charge in [-0.1, -0.05) is 31.2 Å². The van der Waals surface area contributed by atoms with Crippen molar-refractivity contribution in [1.29, 1.82) is 0 Å². The molecular weight excluding hydrogens is 461 g/mol. The van der Waals surface area contributed by atoms with Crippen molar-refractivity contribution in [2.45, 2.75) is 32.3 Å². The molecule has 9 heteroatoms. The molecule has 0 radical (unpaired) electrons. The Morgan fingerprint density at radius 3 is 2.57 bits per heavy atom. The molecule has 3 heterocycles. The van der Waals surface area contributed by atoms with Crippen LogP contribution in [0.5, 0.6) is 0 Å². The van der Waals surface area contributed by atoms with Gasteiger partial charge in [-0.15, -0.1) is 0 Å². The Balaban J connectivity index is 1.48. The van der Waals surface area contributed by atoms with Gasteiger partial charge < -0.3 is 9.47 Å². The minimum Gasteiger partial charge on any atom is -0.461 e. The van der Waals surface area contributed by atoms with E-state index in [1.807, 2.05) is 0 Å². The number of rotatable bonds is 4. The summed E-state index contributed by atoms with van der Waals surface area (Å²) in [6, 6.07) is 9.59. The van der Waals surface area contributed by atoms with E-state index in [4.69, 9.17) is 9.47 Å². The molecule has 5 rings (SSSR count). The zero-order valence-corrected chi connectivity index (χ0v) is 19.1. The molecule has 0 N–H and O–H groups in total. The van der Waals surface area contributed by atoms with Crippen LogP contribution in [0.3, 0.4) is 0 Å². The van der Waals surface area contributed by atoms with Crippen LogP contribution in [0.25, 0.3) is 17.2 Å². The van der Waals surface area contributed by atoms with Crippen molar-refractivity contribution in [2.24, 2.45) is 28.2 Å². The monoisotopic (exact) mass is 484 g/mol. The zero-order valence-electron chi connectivity index (χ0n) is 19.1. The Morgan fingerprint density at radius 2 is 1.91 bits per heavy atom. The average molecular weight is 484 g/mol. The number of fused-ring (bicyclic) bond motifs is 1. The topological polar surface area (TPSA) is 77.8 Å². The maximum Gasteiger partial charge on any atom is 0.334 e. The molecule has 5 atom stereocenters. The van der Waals surface area contributed by atoms with E-state index in [0.717, 1.165) is 0 Å². The van der Waals surface area contributed by atoms with Crippen LogP contribution in [0.2, 0.25) is 0 Å². The van der Waals surface area contributed by atoms with Crippen LogP contribution in [0.4, 0.5) is 13.2 Å². The molecule has 2 aliphatic heterocycles. The number of benzene rings is 1. The molecule has 182 valence electrons. The van der Waals surface area contributed by atoms with Crippen molar-refractivity contribution in [3.05, 3.63) is 60.2 Å². The highest BCUT2D eigenvalue weighted by Crippen LogP contribution is 2.60. The molecule has 3 aliphatic rings. The number of hydrogen-bond donors (Lipinski definition) is 0. The van der Waals surface area contributed by atoms with Crippen molar-refractivity contribution in [3.8, 4) is 11.1 Å². The second-order valence-electron chi connectivity index (χ2n) is 9.35. The lowest BCUT2D eigenvalue weighted by atomic mass is 9.56. The third kappa shape index (κ3) is 3.83. The van der Waals surface area contributed by atoms with Gasteiger partial charge in [0.15, 0.2) is 5.41 Å². The Bertz CT molecular complexity index is 1240. The van der Waals surface area contributed by atoms with Crippen molar-refractivity contribution in [3.63, 3.8) is 0 Å². The third-order valence-electron chi connectivity index (χ3n) is 7.28. The Morgan fingerprint density at radius 1 is 1.11 bits per heavy atom. The number of allylic oxidation sites excluding steroid dienone is 1. The molecule has 1 saturated heterocycles. The fourth-order valence-corrected chi connectivity index (χ4v) is 5.53. The summed E-state index contributed by atoms with van der Waals surface area (Å²) in [5.41, 5.74) is 0.0633. The SMILES string of the molecule is C[C@H]1OC(=O)[C@]2(C3=NCC(=O)O3)CC(F)(F)[C@@H](C)[C@H](/C=C/c3ccc(-c4cccc(F)c4)cn3)[C@H]12. The number of carbonyl (C=O) groups excluding carboxylic acids is 2. The molecule has 1 aromatic carbocycles. The molecule has 35 heavy (non-hydrogen) atoms. The van der Waals surface area contributed by atoms with E-state index in [1.54, 1.807) is 49.5 Å². The number of pyridine rings is 1. The van der Waals surface area contributed by atoms with Crippen LogP contribution in [-0.2, 0) is 19.1 Å². The van der Waals surface area contributed by atoms with Crippen molar-refractivity contribution < 1.29 is 32.2 Å². The lowest BCUT2D eigenvalue weighted by molar-refractivity contribution is -0.162. The number of esters is 2. The molecule has 0 amide bonds. The van der Waals surface area contributed by atoms with Gasteiger partial charge in [-0.3, -0.25) is 9.78 Å². The first kappa shape index (κ1) is 23.3. The summed E-state index contributed by atoms with van der Waals surface area (Å²) >= 11 is 0. The number of aromatic nitrogens is 1. The molecule has 1 aromatic heterocycles. The predicted molar refractivity (Wildman–Crippen MR) is 121 cm³/mol. The normalized spacial score (nSPS) is 31.7. The maximum atomic E-state index is 15.3. The molecule has 0 unspecified atom stereocenters. The molecule has 2 fully saturated rings. The molecular formula is C26H23F3N2O4. The summed E-state index contributed by atoms with van der Waals surface area (Å²) < 4.78 is 54.7. The van der Waals surface area contributed by atoms with Gasteiger partial charge >= 0.3 is 11.9 Å². The number of nitrogens with zero attached hydrogens (tertiary/aromatic N) is 2. The van der Waals surface area contributed by atoms with E-state index >= 15 is 8.78 Å². The van der Waals surface area contributed by atoms with Crippen molar-refractivity contribution in [1.82, 2.24) is 4.98 Å². The molecule has 0 bridgehead atoms. The fraction of sp³-hybridized carbons (Fsp3) is 0.385. The van der Waals surface area contributed by atoms with Crippen LogP contribution >= 0.6 is 0 Å². The average Bonchev–Trinajstić information content (AvgIpc) is 3.35. The van der Waals surface area contributed by atoms with E-state index in [-0.39, 0.29) is 18.3 Å². The molecule has 6 nitrogen and oxygen atoms in total. The summed E-state index contributed by atoms with van der Waals surface area (Å²) in [6.07, 6.45) is 3.32. The summed E-state index contributed by atoms with van der Waals surface area (Å²) in [4.78, 5) is 33.0. The van der Waals surface area contributed by atoms with Crippen molar-refractivity contribution >= 4 is 23.9 Å². The molecule has 2 aromatic rings. The number of aliphatic imine (C=N–C) groups is 1. The smallest absolute Gasteiger partial charge is 0.334 e. The largest absolute Gasteiger partial charge is 0.461 e. The quantitative estimate of drug-likeness (QED) is 0.589. The summed E-state index contributed by atoms with van der Waals surface area (Å²) in [5, 5.41) is 0. The minimum absolute atomic E-state index is 0.274. The van der Waals surface area contributed by atoms with Crippen LogP contribution in [0.1, 0.15) is 26.0 Å². The van der Waals surface area contributed by atoms with Gasteiger partial charge in [-0.25, -0.2) is 23.0 Å². The number of carbonyl (C=O) groups is 2. The molecule has 0 spiro atoms. The van der Waals surface area contributed by atoms with Gasteiger partial charge in [0.25, 0.3) is 5.92 Å². The standard InChI is InChI=1S/C26H23F3N2O4/c1-14-20(9-8-19-7-6-17(11-30-19)16-4-3-5-18(27)10-16)22-15(2)34-24(33)25(22,13-26(14,28)29)23-31-12-21(32)35-23/h3-11,14-15,20,22H,12-13H2,1-2H3/b9-8+/t14-,15+,20-,22-,25+/m0/s1. The van der Waals surface area contributed by atoms with Gasteiger partial charge in [-0.05, 0) is 42.7 Å². The molecule has 1 saturated carbocycles. The summed E-state index contributed by atoms with van der Waals surface area (Å²) in [7, 11) is 0. The number of alkyl halides is 2. The van der Waals surface area contributed by atoms with E-state index in [0.29, 0.717) is 16.8 Å². The van der Waals surface area contributed by atoms with E-state index in [1.165, 1.54) is 19.1 Å². The number of ether oxygens (including phenoxy) is 2. The first-order valence-electron chi connectivity index (χ1n) is 11.4. The van der Waals surface area contributed by atoms with Crippen LogP contribution < -0.4 is 0 Å². The first-order valence-corrected chi connectivity index (χ1v) is 11.4. The van der Waals surface area contributed by atoms with Gasteiger partial charge in [-0.2, -0.15) is 0 Å². The summed E-state index contributed by atoms with van der Waals surface area (Å²) in [6.45, 7) is 2.79. The minimum atomic E-state index is -3.24. The Kier molecular flexibility index (Phi) is 5.53. The lowest BCUT2D eigenvalue weighted by Gasteiger charge is -2.46. The van der Waals surface area contributed by atoms with E-state index in [9.17, 15) is 14.0 Å².